The maximum Gasteiger partial charge on any atom is 0.509 e. The fraction of sp³-hybridized carbons (Fsp3) is 0.405. The molecule has 0 radical (unpaired) electrons. The van der Waals surface area contributed by atoms with Gasteiger partial charge in [-0.1, -0.05) is 30.3 Å². The van der Waals surface area contributed by atoms with E-state index in [-0.39, 0.29) is 32.2 Å². The van der Waals surface area contributed by atoms with Crippen molar-refractivity contribution in [2.24, 2.45) is 0 Å². The van der Waals surface area contributed by atoms with Gasteiger partial charge < -0.3 is 38.4 Å². The standard InChI is InChI=1S/C37H39N3O9/c1-23-17-25(13-15-28(23)24-9-5-4-6-10-24)31(41)40-19-27-14-16-30(39(27)18-26-11-7-8-12-29(26)40)32(42)38(3)20-37(22-47-35(45)49-37)33(43)36(2)21-46-34(44)48-36/h7-9,11-17,33,43H,4-6,10,18-22H2,1-3H3/t33?,36-,37+/m1/s1. The van der Waals surface area contributed by atoms with Crippen LogP contribution in [0.2, 0.25) is 0 Å². The summed E-state index contributed by atoms with van der Waals surface area (Å²) in [4.78, 5) is 55.2. The Labute approximate surface area is 283 Å². The molecule has 2 fully saturated rings. The van der Waals surface area contributed by atoms with Gasteiger partial charge >= 0.3 is 12.3 Å². The Kier molecular flexibility index (Phi) is 8.22. The smallest absolute Gasteiger partial charge is 0.430 e. The molecule has 1 N–H and O–H groups in total. The van der Waals surface area contributed by atoms with Gasteiger partial charge in [0, 0.05) is 24.0 Å². The van der Waals surface area contributed by atoms with Crippen LogP contribution in [-0.4, -0.2) is 82.8 Å². The molecule has 256 valence electrons. The number of ether oxygens (including phenoxy) is 4. The van der Waals surface area contributed by atoms with Gasteiger partial charge in [0.25, 0.3) is 11.8 Å². The first-order chi connectivity index (χ1) is 23.5. The second-order valence-corrected chi connectivity index (χ2v) is 13.5. The number of likely N-dealkylation sites (N-methyl/N-ethyl adjacent to an activating group) is 1. The van der Waals surface area contributed by atoms with Crippen molar-refractivity contribution in [2.45, 2.75) is 69.9 Å². The van der Waals surface area contributed by atoms with Gasteiger partial charge in [0.1, 0.15) is 25.0 Å². The van der Waals surface area contributed by atoms with E-state index >= 15 is 0 Å². The van der Waals surface area contributed by atoms with Crippen LogP contribution in [0.1, 0.15) is 75.8 Å². The molecular weight excluding hydrogens is 630 g/mol. The molecule has 1 unspecified atom stereocenters. The Morgan fingerprint density at radius 2 is 1.76 bits per heavy atom. The SMILES string of the molecule is Cc1cc(C(=O)N2Cc3ccc(C(=O)N(C)C[C@@]4(C(O)[C@@]5(C)COC(=O)O5)COC(=O)O4)n3Cc3ccccc32)ccc1C1=CCCCC1. The van der Waals surface area contributed by atoms with E-state index in [1.807, 2.05) is 54.0 Å². The fourth-order valence-corrected chi connectivity index (χ4v) is 7.44. The fourth-order valence-electron chi connectivity index (χ4n) is 7.44. The maximum absolute atomic E-state index is 14.2. The molecule has 12 heteroatoms. The largest absolute Gasteiger partial charge is 0.509 e. The predicted octanol–water partition coefficient (Wildman–Crippen LogP) is 5.23. The summed E-state index contributed by atoms with van der Waals surface area (Å²) in [7, 11) is 1.53. The number of nitrogens with zero attached hydrogens (tertiary/aromatic N) is 3. The first kappa shape index (κ1) is 32.4. The molecule has 1 aliphatic carbocycles. The number of aromatic nitrogens is 1. The van der Waals surface area contributed by atoms with E-state index in [0.29, 0.717) is 17.8 Å². The highest BCUT2D eigenvalue weighted by molar-refractivity contribution is 6.07. The van der Waals surface area contributed by atoms with Gasteiger partial charge in [0.15, 0.2) is 11.2 Å². The second-order valence-electron chi connectivity index (χ2n) is 13.5. The van der Waals surface area contributed by atoms with Crippen LogP contribution in [0.25, 0.3) is 5.57 Å². The second kappa shape index (κ2) is 12.4. The van der Waals surface area contributed by atoms with Gasteiger partial charge in [-0.2, -0.15) is 0 Å². The average molecular weight is 670 g/mol. The van der Waals surface area contributed by atoms with Crippen LogP contribution in [0.5, 0.6) is 0 Å². The summed E-state index contributed by atoms with van der Waals surface area (Å²) in [5.74, 6) is -0.547. The molecule has 0 bridgehead atoms. The molecule has 3 aromatic rings. The first-order valence-electron chi connectivity index (χ1n) is 16.5. The lowest BCUT2D eigenvalue weighted by Gasteiger charge is -2.39. The molecule has 12 nitrogen and oxygen atoms in total. The Bertz CT molecular complexity index is 1880. The molecule has 49 heavy (non-hydrogen) atoms. The number of hydrogen-bond donors (Lipinski definition) is 1. The number of para-hydroxylation sites is 1. The Morgan fingerprint density at radius 1 is 0.980 bits per heavy atom. The van der Waals surface area contributed by atoms with Gasteiger partial charge in [-0.05, 0) is 92.1 Å². The Balaban J connectivity index is 1.16. The van der Waals surface area contributed by atoms with E-state index in [1.165, 1.54) is 42.8 Å². The van der Waals surface area contributed by atoms with Crippen LogP contribution in [0, 0.1) is 6.92 Å². The number of aliphatic hydroxyl groups is 1. The number of carbonyl (C=O) groups excluding carboxylic acids is 4. The van der Waals surface area contributed by atoms with Crippen molar-refractivity contribution >= 4 is 35.4 Å². The van der Waals surface area contributed by atoms with E-state index in [0.717, 1.165) is 35.3 Å². The number of fused-ring (bicyclic) bond motifs is 2. The summed E-state index contributed by atoms with van der Waals surface area (Å²) >= 11 is 0. The number of aliphatic hydroxyl groups excluding tert-OH is 1. The van der Waals surface area contributed by atoms with Crippen LogP contribution in [0.15, 0.2) is 60.7 Å². The van der Waals surface area contributed by atoms with Crippen LogP contribution < -0.4 is 4.90 Å². The first-order valence-corrected chi connectivity index (χ1v) is 16.5. The van der Waals surface area contributed by atoms with Crippen LogP contribution in [0.3, 0.4) is 0 Å². The van der Waals surface area contributed by atoms with E-state index in [4.69, 9.17) is 18.9 Å². The number of rotatable bonds is 7. The minimum Gasteiger partial charge on any atom is -0.430 e. The van der Waals surface area contributed by atoms with E-state index in [1.54, 1.807) is 11.0 Å². The lowest BCUT2D eigenvalue weighted by atomic mass is 9.85. The van der Waals surface area contributed by atoms with Crippen molar-refractivity contribution in [3.63, 3.8) is 0 Å². The Morgan fingerprint density at radius 3 is 2.45 bits per heavy atom. The number of anilines is 1. The zero-order valence-corrected chi connectivity index (χ0v) is 27.8. The topological polar surface area (TPSA) is 137 Å². The molecule has 2 amide bonds. The molecular formula is C37H39N3O9. The Hall–Kier alpha value is -5.10. The molecule has 4 heterocycles. The zero-order chi connectivity index (χ0) is 34.5. The third-order valence-electron chi connectivity index (χ3n) is 10.0. The quantitative estimate of drug-likeness (QED) is 0.336. The number of allylic oxidation sites excluding steroid dienone is 2. The number of carbonyl (C=O) groups is 4. The molecule has 3 aliphatic heterocycles. The molecule has 7 rings (SSSR count). The summed E-state index contributed by atoms with van der Waals surface area (Å²) in [6, 6.07) is 17.1. The van der Waals surface area contributed by atoms with E-state index in [9.17, 15) is 24.3 Å². The molecule has 2 saturated heterocycles. The van der Waals surface area contributed by atoms with Gasteiger partial charge in [-0.3, -0.25) is 9.59 Å². The van der Waals surface area contributed by atoms with Crippen molar-refractivity contribution in [2.75, 3.05) is 31.7 Å². The monoisotopic (exact) mass is 669 g/mol. The van der Waals surface area contributed by atoms with E-state index < -0.39 is 35.5 Å². The lowest BCUT2D eigenvalue weighted by Crippen LogP contribution is -2.62. The maximum atomic E-state index is 14.2. The van der Waals surface area contributed by atoms with Crippen molar-refractivity contribution in [1.29, 1.82) is 0 Å². The van der Waals surface area contributed by atoms with Gasteiger partial charge in [0.05, 0.1) is 19.6 Å². The third-order valence-corrected chi connectivity index (χ3v) is 10.0. The van der Waals surface area contributed by atoms with Crippen molar-refractivity contribution < 1.29 is 43.2 Å². The molecule has 0 spiro atoms. The number of amides is 2. The predicted molar refractivity (Wildman–Crippen MR) is 177 cm³/mol. The lowest BCUT2D eigenvalue weighted by molar-refractivity contribution is -0.144. The average Bonchev–Trinajstić information content (AvgIpc) is 3.76. The van der Waals surface area contributed by atoms with Crippen LogP contribution in [-0.2, 0) is 32.0 Å². The summed E-state index contributed by atoms with van der Waals surface area (Å²) in [5, 5.41) is 11.4. The highest BCUT2D eigenvalue weighted by Crippen LogP contribution is 2.37. The molecule has 2 aromatic carbocycles. The number of benzene rings is 2. The summed E-state index contributed by atoms with van der Waals surface area (Å²) < 4.78 is 22.5. The molecule has 4 aliphatic rings. The highest BCUT2D eigenvalue weighted by Gasteiger charge is 2.60. The molecule has 0 saturated carbocycles. The van der Waals surface area contributed by atoms with Crippen molar-refractivity contribution in [3.8, 4) is 0 Å². The summed E-state index contributed by atoms with van der Waals surface area (Å²) in [5.41, 5.74) is 3.66. The molecule has 1 aromatic heterocycles. The number of aryl methyl sites for hydroxylation is 1. The summed E-state index contributed by atoms with van der Waals surface area (Å²) in [6.45, 7) is 3.17. The number of hydrogen-bond acceptors (Lipinski definition) is 9. The zero-order valence-electron chi connectivity index (χ0n) is 27.8. The molecule has 3 atom stereocenters. The number of cyclic esters (lactones) is 4. The minimum atomic E-state index is -1.73. The normalized spacial score (nSPS) is 23.6. The van der Waals surface area contributed by atoms with E-state index in [2.05, 4.69) is 12.1 Å². The van der Waals surface area contributed by atoms with Gasteiger partial charge in [-0.25, -0.2) is 9.59 Å². The third kappa shape index (κ3) is 5.83. The van der Waals surface area contributed by atoms with Crippen LogP contribution in [0.4, 0.5) is 15.3 Å². The summed E-state index contributed by atoms with van der Waals surface area (Å²) in [6.07, 6.45) is 3.28. The van der Waals surface area contributed by atoms with Crippen molar-refractivity contribution in [1.82, 2.24) is 9.47 Å². The van der Waals surface area contributed by atoms with Gasteiger partial charge in [0.2, 0.25) is 0 Å². The van der Waals surface area contributed by atoms with Crippen LogP contribution >= 0.6 is 0 Å². The van der Waals surface area contributed by atoms with Crippen molar-refractivity contribution in [3.05, 3.63) is 94.3 Å². The highest BCUT2D eigenvalue weighted by atomic mass is 16.8. The van der Waals surface area contributed by atoms with Gasteiger partial charge in [-0.15, -0.1) is 0 Å². The minimum absolute atomic E-state index is 0.136.